The summed E-state index contributed by atoms with van der Waals surface area (Å²) in [6.07, 6.45) is 1.01. The predicted octanol–water partition coefficient (Wildman–Crippen LogP) is 0.144. The molecule has 5 heteroatoms. The molecule has 0 fully saturated rings. The Balaban J connectivity index is 2.31. The fourth-order valence-corrected chi connectivity index (χ4v) is 2.01. The number of nitrogens with one attached hydrogen (secondary N) is 1. The van der Waals surface area contributed by atoms with E-state index in [4.69, 9.17) is 5.73 Å². The van der Waals surface area contributed by atoms with E-state index in [2.05, 4.69) is 27.2 Å². The van der Waals surface area contributed by atoms with Crippen molar-refractivity contribution < 1.29 is 0 Å². The first-order chi connectivity index (χ1) is 7.70. The van der Waals surface area contributed by atoms with E-state index in [0.717, 1.165) is 37.7 Å². The van der Waals surface area contributed by atoms with Crippen molar-refractivity contribution in [1.29, 1.82) is 0 Å². The SMILES string of the molecule is Cc1nc2c(c(NCCN)n1)CN(C)CC2. The van der Waals surface area contributed by atoms with Gasteiger partial charge in [-0.05, 0) is 14.0 Å². The Kier molecular flexibility index (Phi) is 3.36. The Morgan fingerprint density at radius 2 is 2.25 bits per heavy atom. The maximum atomic E-state index is 5.50. The minimum atomic E-state index is 0.619. The standard InChI is InChI=1S/C11H19N5/c1-8-14-10-3-6-16(2)7-9(10)11(15-8)13-5-4-12/h3-7,12H2,1-2H3,(H,13,14,15). The zero-order valence-corrected chi connectivity index (χ0v) is 9.95. The lowest BCUT2D eigenvalue weighted by Crippen LogP contribution is -2.29. The van der Waals surface area contributed by atoms with Crippen molar-refractivity contribution in [2.24, 2.45) is 5.73 Å². The molecule has 16 heavy (non-hydrogen) atoms. The first-order valence-corrected chi connectivity index (χ1v) is 5.69. The normalized spacial score (nSPS) is 15.9. The molecule has 2 rings (SSSR count). The summed E-state index contributed by atoms with van der Waals surface area (Å²) in [6.45, 7) is 5.30. The van der Waals surface area contributed by atoms with Crippen LogP contribution in [0.5, 0.6) is 0 Å². The summed E-state index contributed by atoms with van der Waals surface area (Å²) < 4.78 is 0. The highest BCUT2D eigenvalue weighted by molar-refractivity contribution is 5.47. The van der Waals surface area contributed by atoms with Gasteiger partial charge in [0.2, 0.25) is 0 Å². The van der Waals surface area contributed by atoms with E-state index in [1.54, 1.807) is 0 Å². The lowest BCUT2D eigenvalue weighted by Gasteiger charge is -2.26. The van der Waals surface area contributed by atoms with Crippen molar-refractivity contribution in [1.82, 2.24) is 14.9 Å². The molecule has 0 radical (unpaired) electrons. The van der Waals surface area contributed by atoms with Crippen LogP contribution in [0.1, 0.15) is 17.1 Å². The van der Waals surface area contributed by atoms with Crippen LogP contribution in [0, 0.1) is 6.92 Å². The molecule has 0 saturated heterocycles. The van der Waals surface area contributed by atoms with Gasteiger partial charge >= 0.3 is 0 Å². The topological polar surface area (TPSA) is 67.1 Å². The zero-order chi connectivity index (χ0) is 11.5. The first kappa shape index (κ1) is 11.3. The van der Waals surface area contributed by atoms with E-state index in [9.17, 15) is 0 Å². The van der Waals surface area contributed by atoms with E-state index in [-0.39, 0.29) is 0 Å². The molecule has 2 heterocycles. The number of hydrogen-bond acceptors (Lipinski definition) is 5. The Morgan fingerprint density at radius 1 is 1.44 bits per heavy atom. The molecule has 88 valence electrons. The molecule has 0 aromatic carbocycles. The van der Waals surface area contributed by atoms with Crippen LogP contribution in [0.3, 0.4) is 0 Å². The maximum absolute atomic E-state index is 5.50. The molecule has 0 unspecified atom stereocenters. The van der Waals surface area contributed by atoms with E-state index in [1.165, 1.54) is 11.3 Å². The fourth-order valence-electron chi connectivity index (χ4n) is 2.01. The Hall–Kier alpha value is -1.20. The number of nitrogens with two attached hydrogens (primary N) is 1. The van der Waals surface area contributed by atoms with Crippen LogP contribution >= 0.6 is 0 Å². The third-order valence-corrected chi connectivity index (χ3v) is 2.80. The molecule has 0 spiro atoms. The molecule has 3 N–H and O–H groups in total. The summed E-state index contributed by atoms with van der Waals surface area (Å²) in [5, 5.41) is 3.28. The van der Waals surface area contributed by atoms with Gasteiger partial charge in [-0.1, -0.05) is 0 Å². The quantitative estimate of drug-likeness (QED) is 0.760. The maximum Gasteiger partial charge on any atom is 0.134 e. The third-order valence-electron chi connectivity index (χ3n) is 2.80. The van der Waals surface area contributed by atoms with Gasteiger partial charge in [0.05, 0.1) is 5.69 Å². The molecule has 1 aromatic heterocycles. The minimum Gasteiger partial charge on any atom is -0.368 e. The first-order valence-electron chi connectivity index (χ1n) is 5.69. The van der Waals surface area contributed by atoms with E-state index in [1.807, 2.05) is 6.92 Å². The highest BCUT2D eigenvalue weighted by Gasteiger charge is 2.19. The van der Waals surface area contributed by atoms with Gasteiger partial charge in [-0.2, -0.15) is 0 Å². The van der Waals surface area contributed by atoms with Crippen molar-refractivity contribution in [3.63, 3.8) is 0 Å². The van der Waals surface area contributed by atoms with E-state index < -0.39 is 0 Å². The van der Waals surface area contributed by atoms with Crippen LogP contribution in [0.2, 0.25) is 0 Å². The number of likely N-dealkylation sites (N-methyl/N-ethyl adjacent to an activating group) is 1. The summed E-state index contributed by atoms with van der Waals surface area (Å²) >= 11 is 0. The number of fused-ring (bicyclic) bond motifs is 1. The molecule has 0 saturated carbocycles. The largest absolute Gasteiger partial charge is 0.368 e. The van der Waals surface area contributed by atoms with Gasteiger partial charge in [0.25, 0.3) is 0 Å². The molecule has 1 aliphatic heterocycles. The Bertz CT molecular complexity index is 377. The molecule has 5 nitrogen and oxygen atoms in total. The fraction of sp³-hybridized carbons (Fsp3) is 0.636. The second kappa shape index (κ2) is 4.76. The average molecular weight is 221 g/mol. The van der Waals surface area contributed by atoms with Crippen molar-refractivity contribution in [2.45, 2.75) is 19.9 Å². The van der Waals surface area contributed by atoms with Crippen molar-refractivity contribution in [2.75, 3.05) is 32.0 Å². The van der Waals surface area contributed by atoms with Crippen molar-refractivity contribution >= 4 is 5.82 Å². The third kappa shape index (κ3) is 2.31. The molecule has 0 bridgehead atoms. The molecular weight excluding hydrogens is 202 g/mol. The monoisotopic (exact) mass is 221 g/mol. The zero-order valence-electron chi connectivity index (χ0n) is 9.95. The van der Waals surface area contributed by atoms with Gasteiger partial charge in [0.15, 0.2) is 0 Å². The number of hydrogen-bond donors (Lipinski definition) is 2. The second-order valence-corrected chi connectivity index (χ2v) is 4.25. The molecule has 1 aliphatic rings. The molecule has 1 aromatic rings. The number of nitrogens with zero attached hydrogens (tertiary/aromatic N) is 3. The molecule has 0 atom stereocenters. The number of rotatable bonds is 3. The van der Waals surface area contributed by atoms with Crippen LogP contribution in [-0.2, 0) is 13.0 Å². The van der Waals surface area contributed by atoms with Crippen LogP contribution in [0.15, 0.2) is 0 Å². The van der Waals surface area contributed by atoms with Gasteiger partial charge in [-0.15, -0.1) is 0 Å². The molecular formula is C11H19N5. The van der Waals surface area contributed by atoms with E-state index >= 15 is 0 Å². The summed E-state index contributed by atoms with van der Waals surface area (Å²) in [5.74, 6) is 1.79. The molecule has 0 amide bonds. The molecule has 0 aliphatic carbocycles. The van der Waals surface area contributed by atoms with Crippen molar-refractivity contribution in [3.05, 3.63) is 17.1 Å². The smallest absolute Gasteiger partial charge is 0.134 e. The predicted molar refractivity (Wildman–Crippen MR) is 64.4 cm³/mol. The second-order valence-electron chi connectivity index (χ2n) is 4.25. The van der Waals surface area contributed by atoms with Gasteiger partial charge in [-0.3, -0.25) is 0 Å². The lowest BCUT2D eigenvalue weighted by molar-refractivity contribution is 0.309. The van der Waals surface area contributed by atoms with Crippen molar-refractivity contribution in [3.8, 4) is 0 Å². The number of aromatic nitrogens is 2. The lowest BCUT2D eigenvalue weighted by atomic mass is 10.1. The summed E-state index contributed by atoms with van der Waals surface area (Å²) in [4.78, 5) is 11.2. The average Bonchev–Trinajstić information content (AvgIpc) is 2.26. The summed E-state index contributed by atoms with van der Waals surface area (Å²) in [7, 11) is 2.12. The van der Waals surface area contributed by atoms with Crippen LogP contribution in [0.4, 0.5) is 5.82 Å². The van der Waals surface area contributed by atoms with Crippen LogP contribution in [-0.4, -0.2) is 41.5 Å². The highest BCUT2D eigenvalue weighted by atomic mass is 15.1. The van der Waals surface area contributed by atoms with Gasteiger partial charge < -0.3 is 16.0 Å². The van der Waals surface area contributed by atoms with Gasteiger partial charge in [-0.25, -0.2) is 9.97 Å². The van der Waals surface area contributed by atoms with E-state index in [0.29, 0.717) is 6.54 Å². The van der Waals surface area contributed by atoms with Crippen LogP contribution in [0.25, 0.3) is 0 Å². The minimum absolute atomic E-state index is 0.619. The summed E-state index contributed by atoms with van der Waals surface area (Å²) in [6, 6.07) is 0. The van der Waals surface area contributed by atoms with Gasteiger partial charge in [0.1, 0.15) is 11.6 Å². The number of anilines is 1. The summed E-state index contributed by atoms with van der Waals surface area (Å²) in [5.41, 5.74) is 7.92. The van der Waals surface area contributed by atoms with Gasteiger partial charge in [0, 0.05) is 38.2 Å². The van der Waals surface area contributed by atoms with Crippen LogP contribution < -0.4 is 11.1 Å². The highest BCUT2D eigenvalue weighted by Crippen LogP contribution is 2.22. The Labute approximate surface area is 96.1 Å². The number of aryl methyl sites for hydroxylation is 1. The Morgan fingerprint density at radius 3 is 3.00 bits per heavy atom.